The highest BCUT2D eigenvalue weighted by Gasteiger charge is 2.36. The van der Waals surface area contributed by atoms with E-state index in [2.05, 4.69) is 38.0 Å². The minimum atomic E-state index is -0.782. The van der Waals surface area contributed by atoms with Crippen LogP contribution in [0.5, 0.6) is 0 Å². The molecular weight excluding hydrogens is 252 g/mol. The summed E-state index contributed by atoms with van der Waals surface area (Å²) in [6.45, 7) is 13.5. The molecule has 0 saturated carbocycles. The van der Waals surface area contributed by atoms with Gasteiger partial charge in [-0.15, -0.1) is 0 Å². The lowest BCUT2D eigenvalue weighted by molar-refractivity contribution is -0.145. The summed E-state index contributed by atoms with van der Waals surface area (Å²) in [6.07, 6.45) is 2.18. The zero-order valence-electron chi connectivity index (χ0n) is 14.4. The predicted molar refractivity (Wildman–Crippen MR) is 85.1 cm³/mol. The first kappa shape index (κ1) is 19.4. The van der Waals surface area contributed by atoms with Crippen LogP contribution in [0, 0.1) is 5.92 Å². The Balaban J connectivity index is 4.52. The Morgan fingerprint density at radius 2 is 1.80 bits per heavy atom. The Morgan fingerprint density at radius 1 is 1.25 bits per heavy atom. The Kier molecular flexibility index (Phi) is 8.36. The molecule has 0 spiro atoms. The van der Waals surface area contributed by atoms with Crippen molar-refractivity contribution >= 4 is 5.97 Å². The smallest absolute Gasteiger partial charge is 0.323 e. The van der Waals surface area contributed by atoms with Crippen LogP contribution in [0.3, 0.4) is 0 Å². The summed E-state index contributed by atoms with van der Waals surface area (Å²) in [5, 5.41) is 12.8. The fourth-order valence-electron chi connectivity index (χ4n) is 2.57. The molecule has 4 nitrogen and oxygen atoms in total. The van der Waals surface area contributed by atoms with Crippen LogP contribution >= 0.6 is 0 Å². The van der Waals surface area contributed by atoms with Crippen LogP contribution in [-0.4, -0.2) is 47.2 Å². The third-order valence-corrected chi connectivity index (χ3v) is 4.35. The SMILES string of the molecule is CCC(CCCN(C)C(C)C(C)C)(NC(C)C)C(=O)O. The number of hydrogen-bond acceptors (Lipinski definition) is 3. The molecule has 0 aliphatic heterocycles. The van der Waals surface area contributed by atoms with Crippen LogP contribution in [0.2, 0.25) is 0 Å². The van der Waals surface area contributed by atoms with Crippen molar-refractivity contribution in [2.45, 2.75) is 78.4 Å². The van der Waals surface area contributed by atoms with Crippen molar-refractivity contribution < 1.29 is 9.90 Å². The van der Waals surface area contributed by atoms with Crippen LogP contribution in [0.4, 0.5) is 0 Å². The number of nitrogens with zero attached hydrogens (tertiary/aromatic N) is 1. The maximum absolute atomic E-state index is 11.6. The van der Waals surface area contributed by atoms with E-state index in [1.807, 2.05) is 20.8 Å². The van der Waals surface area contributed by atoms with Gasteiger partial charge in [0.1, 0.15) is 5.54 Å². The second-order valence-electron chi connectivity index (χ2n) is 6.61. The van der Waals surface area contributed by atoms with Crippen molar-refractivity contribution in [3.8, 4) is 0 Å². The molecule has 0 saturated heterocycles. The number of carboxylic acid groups (broad SMARTS) is 1. The fourth-order valence-corrected chi connectivity index (χ4v) is 2.57. The summed E-state index contributed by atoms with van der Waals surface area (Å²) in [4.78, 5) is 14.0. The zero-order chi connectivity index (χ0) is 15.9. The van der Waals surface area contributed by atoms with Gasteiger partial charge in [-0.25, -0.2) is 0 Å². The molecule has 0 amide bonds. The summed E-state index contributed by atoms with van der Waals surface area (Å²) in [5.74, 6) is -0.113. The van der Waals surface area contributed by atoms with Crippen LogP contribution in [0.15, 0.2) is 0 Å². The molecule has 2 unspecified atom stereocenters. The first-order chi connectivity index (χ1) is 9.16. The normalized spacial score (nSPS) is 16.7. The Morgan fingerprint density at radius 3 is 2.15 bits per heavy atom. The van der Waals surface area contributed by atoms with E-state index in [1.54, 1.807) is 0 Å². The lowest BCUT2D eigenvalue weighted by Crippen LogP contribution is -2.54. The van der Waals surface area contributed by atoms with Gasteiger partial charge in [-0.1, -0.05) is 20.8 Å². The lowest BCUT2D eigenvalue weighted by Gasteiger charge is -2.33. The maximum Gasteiger partial charge on any atom is 0.323 e. The molecule has 0 aromatic rings. The topological polar surface area (TPSA) is 52.6 Å². The van der Waals surface area contributed by atoms with Crippen molar-refractivity contribution in [2.24, 2.45) is 5.92 Å². The summed E-state index contributed by atoms with van der Waals surface area (Å²) in [7, 11) is 2.12. The molecule has 0 aliphatic rings. The van der Waals surface area contributed by atoms with Crippen molar-refractivity contribution in [3.05, 3.63) is 0 Å². The van der Waals surface area contributed by atoms with Crippen LogP contribution in [-0.2, 0) is 4.79 Å². The molecule has 120 valence electrons. The van der Waals surface area contributed by atoms with Gasteiger partial charge < -0.3 is 10.0 Å². The van der Waals surface area contributed by atoms with Crippen molar-refractivity contribution in [2.75, 3.05) is 13.6 Å². The van der Waals surface area contributed by atoms with Crippen molar-refractivity contribution in [1.29, 1.82) is 0 Å². The summed E-state index contributed by atoms with van der Waals surface area (Å²) in [6, 6.07) is 0.701. The van der Waals surface area contributed by atoms with E-state index in [0.717, 1.165) is 13.0 Å². The average molecular weight is 286 g/mol. The van der Waals surface area contributed by atoms with E-state index >= 15 is 0 Å². The molecule has 0 rings (SSSR count). The highest BCUT2D eigenvalue weighted by atomic mass is 16.4. The number of hydrogen-bond donors (Lipinski definition) is 2. The average Bonchev–Trinajstić information content (AvgIpc) is 2.35. The zero-order valence-corrected chi connectivity index (χ0v) is 14.4. The Hall–Kier alpha value is -0.610. The summed E-state index contributed by atoms with van der Waals surface area (Å²) in [5.41, 5.74) is -0.782. The fraction of sp³-hybridized carbons (Fsp3) is 0.938. The highest BCUT2D eigenvalue weighted by Crippen LogP contribution is 2.20. The van der Waals surface area contributed by atoms with Crippen molar-refractivity contribution in [3.63, 3.8) is 0 Å². The Labute approximate surface area is 124 Å². The largest absolute Gasteiger partial charge is 0.480 e. The monoisotopic (exact) mass is 286 g/mol. The lowest BCUT2D eigenvalue weighted by atomic mass is 9.89. The third kappa shape index (κ3) is 5.80. The van der Waals surface area contributed by atoms with Gasteiger partial charge in [0.2, 0.25) is 0 Å². The minimum Gasteiger partial charge on any atom is -0.480 e. The minimum absolute atomic E-state index is 0.179. The Bertz CT molecular complexity index is 292. The van der Waals surface area contributed by atoms with E-state index in [0.29, 0.717) is 24.8 Å². The molecule has 2 N–H and O–H groups in total. The van der Waals surface area contributed by atoms with Crippen LogP contribution in [0.1, 0.15) is 60.8 Å². The molecule has 20 heavy (non-hydrogen) atoms. The van der Waals surface area contributed by atoms with E-state index < -0.39 is 11.5 Å². The van der Waals surface area contributed by atoms with Gasteiger partial charge >= 0.3 is 5.97 Å². The second kappa shape index (κ2) is 8.63. The molecular formula is C16H34N2O2. The molecule has 0 aliphatic carbocycles. The molecule has 0 heterocycles. The summed E-state index contributed by atoms with van der Waals surface area (Å²) < 4.78 is 0. The molecule has 0 fully saturated rings. The number of carboxylic acids is 1. The molecule has 2 atom stereocenters. The van der Waals surface area contributed by atoms with E-state index in [1.165, 1.54) is 0 Å². The molecule has 4 heteroatoms. The first-order valence-electron chi connectivity index (χ1n) is 7.87. The number of carbonyl (C=O) groups is 1. The van der Waals surface area contributed by atoms with Gasteiger partial charge in [-0.2, -0.15) is 0 Å². The van der Waals surface area contributed by atoms with Gasteiger partial charge in [-0.05, 0) is 59.5 Å². The maximum atomic E-state index is 11.6. The molecule has 0 radical (unpaired) electrons. The molecule has 0 bridgehead atoms. The standard InChI is InChI=1S/C16H34N2O2/c1-8-16(15(19)20,17-13(4)5)10-9-11-18(7)14(6)12(2)3/h12-14,17H,8-11H2,1-7H3,(H,19,20). The molecule has 0 aromatic heterocycles. The summed E-state index contributed by atoms with van der Waals surface area (Å²) >= 11 is 0. The third-order valence-electron chi connectivity index (χ3n) is 4.35. The second-order valence-corrected chi connectivity index (χ2v) is 6.61. The number of nitrogens with one attached hydrogen (secondary N) is 1. The molecule has 0 aromatic carbocycles. The van der Waals surface area contributed by atoms with E-state index in [-0.39, 0.29) is 6.04 Å². The van der Waals surface area contributed by atoms with Gasteiger partial charge in [0.15, 0.2) is 0 Å². The van der Waals surface area contributed by atoms with Crippen molar-refractivity contribution in [1.82, 2.24) is 10.2 Å². The van der Waals surface area contributed by atoms with Gasteiger partial charge in [0.25, 0.3) is 0 Å². The number of rotatable bonds is 10. The first-order valence-corrected chi connectivity index (χ1v) is 7.87. The van der Waals surface area contributed by atoms with Crippen LogP contribution < -0.4 is 5.32 Å². The highest BCUT2D eigenvalue weighted by molar-refractivity contribution is 5.78. The van der Waals surface area contributed by atoms with E-state index in [9.17, 15) is 9.90 Å². The predicted octanol–water partition coefficient (Wildman–Crippen LogP) is 2.97. The van der Waals surface area contributed by atoms with Gasteiger partial charge in [0, 0.05) is 12.1 Å². The van der Waals surface area contributed by atoms with E-state index in [4.69, 9.17) is 0 Å². The van der Waals surface area contributed by atoms with Gasteiger partial charge in [0.05, 0.1) is 0 Å². The number of aliphatic carboxylic acids is 1. The quantitative estimate of drug-likeness (QED) is 0.648. The van der Waals surface area contributed by atoms with Gasteiger partial charge in [-0.3, -0.25) is 10.1 Å². The van der Waals surface area contributed by atoms with Crippen LogP contribution in [0.25, 0.3) is 0 Å².